The lowest BCUT2D eigenvalue weighted by Gasteiger charge is -2.25. The van der Waals surface area contributed by atoms with Crippen molar-refractivity contribution in [2.75, 3.05) is 30.4 Å². The highest BCUT2D eigenvalue weighted by Gasteiger charge is 2.19. The summed E-state index contributed by atoms with van der Waals surface area (Å²) < 4.78 is 0. The van der Waals surface area contributed by atoms with Crippen molar-refractivity contribution in [2.24, 2.45) is 0 Å². The molecular formula is C13H20N2O. The van der Waals surface area contributed by atoms with Gasteiger partial charge in [-0.25, -0.2) is 0 Å². The molecule has 16 heavy (non-hydrogen) atoms. The molecule has 2 N–H and O–H groups in total. The highest BCUT2D eigenvalue weighted by molar-refractivity contribution is 5.64. The Labute approximate surface area is 97.1 Å². The molecule has 0 saturated heterocycles. The Morgan fingerprint density at radius 2 is 2.19 bits per heavy atom. The number of hydrogen-bond acceptors (Lipinski definition) is 3. The Kier molecular flexibility index (Phi) is 2.80. The van der Waals surface area contributed by atoms with Crippen molar-refractivity contribution >= 4 is 11.4 Å². The van der Waals surface area contributed by atoms with E-state index in [9.17, 15) is 5.11 Å². The number of fused-ring (bicyclic) bond motifs is 1. The van der Waals surface area contributed by atoms with Gasteiger partial charge in [0.1, 0.15) is 0 Å². The summed E-state index contributed by atoms with van der Waals surface area (Å²) in [6, 6.07) is 6.42. The van der Waals surface area contributed by atoms with E-state index in [1.807, 2.05) is 13.8 Å². The van der Waals surface area contributed by atoms with Crippen molar-refractivity contribution in [1.29, 1.82) is 0 Å². The molecule has 3 heteroatoms. The van der Waals surface area contributed by atoms with Crippen LogP contribution in [0.1, 0.15) is 19.4 Å². The van der Waals surface area contributed by atoms with E-state index < -0.39 is 0 Å². The molecule has 1 aliphatic heterocycles. The second-order valence-corrected chi connectivity index (χ2v) is 5.18. The molecule has 0 fully saturated rings. The van der Waals surface area contributed by atoms with Gasteiger partial charge in [-0.1, -0.05) is 0 Å². The lowest BCUT2D eigenvalue weighted by molar-refractivity contribution is 0.234. The molecule has 1 heterocycles. The van der Waals surface area contributed by atoms with E-state index in [0.29, 0.717) is 0 Å². The van der Waals surface area contributed by atoms with Gasteiger partial charge in [-0.15, -0.1) is 0 Å². The maximum atomic E-state index is 9.22. The third kappa shape index (κ3) is 2.14. The van der Waals surface area contributed by atoms with Crippen molar-refractivity contribution in [2.45, 2.75) is 25.8 Å². The minimum Gasteiger partial charge on any atom is -0.394 e. The third-order valence-electron chi connectivity index (χ3n) is 3.09. The van der Waals surface area contributed by atoms with Gasteiger partial charge in [0.15, 0.2) is 0 Å². The summed E-state index contributed by atoms with van der Waals surface area (Å²) in [7, 11) is 2.12. The van der Waals surface area contributed by atoms with Crippen molar-refractivity contribution in [3.05, 3.63) is 23.8 Å². The van der Waals surface area contributed by atoms with Crippen molar-refractivity contribution in [3.63, 3.8) is 0 Å². The van der Waals surface area contributed by atoms with E-state index in [1.165, 1.54) is 11.3 Å². The molecule has 0 spiro atoms. The second kappa shape index (κ2) is 3.98. The number of aliphatic hydroxyl groups is 1. The first-order valence-electron chi connectivity index (χ1n) is 5.75. The number of nitrogens with one attached hydrogen (secondary N) is 1. The van der Waals surface area contributed by atoms with Gasteiger partial charge in [0.05, 0.1) is 12.1 Å². The van der Waals surface area contributed by atoms with Crippen LogP contribution in [0.3, 0.4) is 0 Å². The Balaban J connectivity index is 2.20. The van der Waals surface area contributed by atoms with E-state index in [1.54, 1.807) is 0 Å². The summed E-state index contributed by atoms with van der Waals surface area (Å²) in [5, 5.41) is 12.6. The highest BCUT2D eigenvalue weighted by atomic mass is 16.3. The normalized spacial score (nSPS) is 15.1. The zero-order valence-corrected chi connectivity index (χ0v) is 10.2. The van der Waals surface area contributed by atoms with Gasteiger partial charge in [0.2, 0.25) is 0 Å². The fourth-order valence-electron chi connectivity index (χ4n) is 2.07. The number of benzene rings is 1. The van der Waals surface area contributed by atoms with E-state index in [2.05, 4.69) is 35.5 Å². The molecule has 3 nitrogen and oxygen atoms in total. The maximum Gasteiger partial charge on any atom is 0.0656 e. The molecule has 0 amide bonds. The highest BCUT2D eigenvalue weighted by Crippen LogP contribution is 2.29. The standard InChI is InChI=1S/C13H20N2O/c1-13(2,9-16)14-11-4-5-12-10(8-11)6-7-15(12)3/h4-5,8,14,16H,6-7,9H2,1-3H3. The van der Waals surface area contributed by atoms with Crippen LogP contribution in [-0.4, -0.2) is 30.8 Å². The minimum absolute atomic E-state index is 0.129. The number of rotatable bonds is 3. The molecule has 0 bridgehead atoms. The van der Waals surface area contributed by atoms with E-state index in [0.717, 1.165) is 18.7 Å². The first-order chi connectivity index (χ1) is 7.52. The van der Waals surface area contributed by atoms with Crippen molar-refractivity contribution in [3.8, 4) is 0 Å². The molecule has 1 aromatic carbocycles. The van der Waals surface area contributed by atoms with Gasteiger partial charge in [0, 0.05) is 25.0 Å². The fourth-order valence-corrected chi connectivity index (χ4v) is 2.07. The summed E-state index contributed by atoms with van der Waals surface area (Å²) in [6.45, 7) is 5.21. The molecule has 88 valence electrons. The van der Waals surface area contributed by atoms with E-state index in [-0.39, 0.29) is 12.1 Å². The fraction of sp³-hybridized carbons (Fsp3) is 0.538. The molecule has 0 unspecified atom stereocenters. The lowest BCUT2D eigenvalue weighted by Crippen LogP contribution is -2.34. The third-order valence-corrected chi connectivity index (χ3v) is 3.09. The average molecular weight is 220 g/mol. The van der Waals surface area contributed by atoms with Crippen LogP contribution in [0, 0.1) is 0 Å². The molecule has 0 atom stereocenters. The molecule has 0 aromatic heterocycles. The number of nitrogens with zero attached hydrogens (tertiary/aromatic N) is 1. The van der Waals surface area contributed by atoms with Gasteiger partial charge >= 0.3 is 0 Å². The molecule has 1 aromatic rings. The molecule has 0 saturated carbocycles. The van der Waals surface area contributed by atoms with Gasteiger partial charge < -0.3 is 15.3 Å². The first kappa shape index (κ1) is 11.3. The molecule has 2 rings (SSSR count). The van der Waals surface area contributed by atoms with Gasteiger partial charge in [-0.2, -0.15) is 0 Å². The largest absolute Gasteiger partial charge is 0.394 e. The number of likely N-dealkylation sites (N-methyl/N-ethyl adjacent to an activating group) is 1. The van der Waals surface area contributed by atoms with Crippen LogP contribution in [0.4, 0.5) is 11.4 Å². The topological polar surface area (TPSA) is 35.5 Å². The smallest absolute Gasteiger partial charge is 0.0656 e. The van der Waals surface area contributed by atoms with Gasteiger partial charge in [0.25, 0.3) is 0 Å². The maximum absolute atomic E-state index is 9.22. The summed E-state index contributed by atoms with van der Waals surface area (Å²) in [6.07, 6.45) is 1.11. The van der Waals surface area contributed by atoms with Crippen molar-refractivity contribution in [1.82, 2.24) is 0 Å². The Bertz CT molecular complexity index is 388. The first-order valence-corrected chi connectivity index (χ1v) is 5.75. The van der Waals surface area contributed by atoms with Gasteiger partial charge in [-0.3, -0.25) is 0 Å². The summed E-state index contributed by atoms with van der Waals surface area (Å²) in [5.74, 6) is 0. The van der Waals surface area contributed by atoms with Gasteiger partial charge in [-0.05, 0) is 44.0 Å². The predicted molar refractivity (Wildman–Crippen MR) is 68.2 cm³/mol. The summed E-state index contributed by atoms with van der Waals surface area (Å²) >= 11 is 0. The minimum atomic E-state index is -0.265. The van der Waals surface area contributed by atoms with Crippen LogP contribution in [0.15, 0.2) is 18.2 Å². The summed E-state index contributed by atoms with van der Waals surface area (Å²) in [5.41, 5.74) is 3.54. The van der Waals surface area contributed by atoms with Crippen LogP contribution in [0.25, 0.3) is 0 Å². The van der Waals surface area contributed by atoms with Crippen molar-refractivity contribution < 1.29 is 5.11 Å². The SMILES string of the molecule is CN1CCc2cc(NC(C)(C)CO)ccc21. The van der Waals surface area contributed by atoms with Crippen LogP contribution in [0.5, 0.6) is 0 Å². The second-order valence-electron chi connectivity index (χ2n) is 5.18. The monoisotopic (exact) mass is 220 g/mol. The number of anilines is 2. The summed E-state index contributed by atoms with van der Waals surface area (Å²) in [4.78, 5) is 2.27. The molecule has 0 radical (unpaired) electrons. The van der Waals surface area contributed by atoms with Crippen LogP contribution < -0.4 is 10.2 Å². The Morgan fingerprint density at radius 1 is 1.44 bits per heavy atom. The van der Waals surface area contributed by atoms with Crippen LogP contribution >= 0.6 is 0 Å². The zero-order chi connectivity index (χ0) is 11.8. The number of hydrogen-bond donors (Lipinski definition) is 2. The average Bonchev–Trinajstić information content (AvgIpc) is 2.60. The predicted octanol–water partition coefficient (Wildman–Crippen LogP) is 1.86. The zero-order valence-electron chi connectivity index (χ0n) is 10.2. The lowest BCUT2D eigenvalue weighted by atomic mass is 10.1. The van der Waals surface area contributed by atoms with Crippen LogP contribution in [-0.2, 0) is 6.42 Å². The Hall–Kier alpha value is -1.22. The van der Waals surface area contributed by atoms with E-state index in [4.69, 9.17) is 0 Å². The number of aliphatic hydroxyl groups excluding tert-OH is 1. The Morgan fingerprint density at radius 3 is 2.88 bits per heavy atom. The van der Waals surface area contributed by atoms with Crippen LogP contribution in [0.2, 0.25) is 0 Å². The molecular weight excluding hydrogens is 200 g/mol. The van der Waals surface area contributed by atoms with E-state index >= 15 is 0 Å². The molecule has 0 aliphatic carbocycles. The molecule has 1 aliphatic rings. The quantitative estimate of drug-likeness (QED) is 0.816.